The van der Waals surface area contributed by atoms with Gasteiger partial charge in [0, 0.05) is 39.3 Å². The van der Waals surface area contributed by atoms with Crippen LogP contribution in [0.25, 0.3) is 0 Å². The third kappa shape index (κ3) is 5.04. The topological polar surface area (TPSA) is 62.1 Å². The molecule has 0 aliphatic carbocycles. The summed E-state index contributed by atoms with van der Waals surface area (Å²) in [6, 6.07) is 10.7. The van der Waals surface area contributed by atoms with Crippen molar-refractivity contribution in [3.05, 3.63) is 53.7 Å². The Morgan fingerprint density at radius 2 is 1.79 bits per heavy atom. The number of rotatable bonds is 6. The van der Waals surface area contributed by atoms with E-state index in [9.17, 15) is 4.79 Å². The molecule has 3 heterocycles. The summed E-state index contributed by atoms with van der Waals surface area (Å²) in [6.07, 6.45) is 2.38. The van der Waals surface area contributed by atoms with E-state index in [4.69, 9.17) is 9.15 Å². The van der Waals surface area contributed by atoms with Crippen LogP contribution in [0.1, 0.15) is 35.3 Å². The van der Waals surface area contributed by atoms with Crippen LogP contribution < -0.4 is 0 Å². The fourth-order valence-corrected chi connectivity index (χ4v) is 4.03. The van der Waals surface area contributed by atoms with Crippen LogP contribution in [0.4, 0.5) is 0 Å². The van der Waals surface area contributed by atoms with E-state index in [0.29, 0.717) is 37.9 Å². The molecule has 1 aromatic heterocycles. The lowest BCUT2D eigenvalue weighted by molar-refractivity contribution is -0.00311. The van der Waals surface area contributed by atoms with Crippen molar-refractivity contribution in [2.45, 2.75) is 32.5 Å². The van der Waals surface area contributed by atoms with E-state index < -0.39 is 0 Å². The normalized spacial score (nSPS) is 21.4. The molecule has 0 radical (unpaired) electrons. The SMILES string of the molecule is CC[C@H]1COCCN1C(=O)c1coc(CN2CCN(Cc3ccccc3)CC2)n1. The Morgan fingerprint density at radius 1 is 1.07 bits per heavy atom. The Bertz CT molecular complexity index is 786. The van der Waals surface area contributed by atoms with E-state index in [1.54, 1.807) is 0 Å². The van der Waals surface area contributed by atoms with Gasteiger partial charge in [0.05, 0.1) is 25.8 Å². The molecule has 0 saturated carbocycles. The number of hydrogen-bond donors (Lipinski definition) is 0. The van der Waals surface area contributed by atoms with Crippen LogP contribution in [0.2, 0.25) is 0 Å². The van der Waals surface area contributed by atoms with Gasteiger partial charge in [-0.1, -0.05) is 37.3 Å². The fourth-order valence-electron chi connectivity index (χ4n) is 4.03. The van der Waals surface area contributed by atoms with Gasteiger partial charge in [0.2, 0.25) is 5.89 Å². The lowest BCUT2D eigenvalue weighted by atomic mass is 10.1. The zero-order chi connectivity index (χ0) is 20.1. The number of nitrogens with zero attached hydrogens (tertiary/aromatic N) is 4. The van der Waals surface area contributed by atoms with E-state index in [1.807, 2.05) is 4.90 Å². The number of carbonyl (C=O) groups is 1. The van der Waals surface area contributed by atoms with Crippen molar-refractivity contribution in [1.82, 2.24) is 19.7 Å². The monoisotopic (exact) mass is 398 g/mol. The Hall–Kier alpha value is -2.22. The van der Waals surface area contributed by atoms with Gasteiger partial charge < -0.3 is 14.1 Å². The second-order valence-electron chi connectivity index (χ2n) is 7.80. The van der Waals surface area contributed by atoms with Gasteiger partial charge in [0.1, 0.15) is 6.26 Å². The molecule has 1 amide bonds. The molecule has 4 rings (SSSR count). The predicted molar refractivity (Wildman–Crippen MR) is 109 cm³/mol. The molecule has 1 aromatic carbocycles. The minimum atomic E-state index is -0.0529. The van der Waals surface area contributed by atoms with Crippen LogP contribution in [0.5, 0.6) is 0 Å². The highest BCUT2D eigenvalue weighted by molar-refractivity contribution is 5.92. The molecule has 29 heavy (non-hydrogen) atoms. The van der Waals surface area contributed by atoms with E-state index in [2.05, 4.69) is 52.0 Å². The predicted octanol–water partition coefficient (Wildman–Crippen LogP) is 2.24. The highest BCUT2D eigenvalue weighted by Gasteiger charge is 2.29. The second kappa shape index (κ2) is 9.52. The average Bonchev–Trinajstić information content (AvgIpc) is 3.24. The Morgan fingerprint density at radius 3 is 2.52 bits per heavy atom. The maximum Gasteiger partial charge on any atom is 0.276 e. The van der Waals surface area contributed by atoms with Crippen molar-refractivity contribution in [2.75, 3.05) is 45.9 Å². The minimum absolute atomic E-state index is 0.0529. The van der Waals surface area contributed by atoms with Crippen LogP contribution in [0, 0.1) is 0 Å². The number of morpholine rings is 1. The summed E-state index contributed by atoms with van der Waals surface area (Å²) >= 11 is 0. The number of benzene rings is 1. The molecule has 0 bridgehead atoms. The summed E-state index contributed by atoms with van der Waals surface area (Å²) in [4.78, 5) is 24.0. The molecule has 2 fully saturated rings. The molecule has 0 spiro atoms. The largest absolute Gasteiger partial charge is 0.447 e. The van der Waals surface area contributed by atoms with Crippen molar-refractivity contribution in [3.63, 3.8) is 0 Å². The fraction of sp³-hybridized carbons (Fsp3) is 0.545. The van der Waals surface area contributed by atoms with Gasteiger partial charge in [0.15, 0.2) is 5.69 Å². The van der Waals surface area contributed by atoms with E-state index >= 15 is 0 Å². The Labute approximate surface area is 172 Å². The molecule has 2 aliphatic heterocycles. The molecule has 2 aliphatic rings. The van der Waals surface area contributed by atoms with Crippen LogP contribution in [0.15, 0.2) is 41.0 Å². The quantitative estimate of drug-likeness (QED) is 0.744. The Kier molecular flexibility index (Phi) is 6.59. The Balaban J connectivity index is 1.28. The van der Waals surface area contributed by atoms with Gasteiger partial charge in [-0.25, -0.2) is 4.98 Å². The van der Waals surface area contributed by atoms with Crippen LogP contribution in [0.3, 0.4) is 0 Å². The zero-order valence-corrected chi connectivity index (χ0v) is 17.1. The molecule has 0 unspecified atom stereocenters. The number of ether oxygens (including phenoxy) is 1. The first-order chi connectivity index (χ1) is 14.2. The van der Waals surface area contributed by atoms with Crippen molar-refractivity contribution in [2.24, 2.45) is 0 Å². The standard InChI is InChI=1S/C22H30N4O3/c1-2-19-16-28-13-12-26(19)22(27)20-17-29-21(23-20)15-25-10-8-24(9-11-25)14-18-6-4-3-5-7-18/h3-7,17,19H,2,8-16H2,1H3/t19-/m0/s1. The zero-order valence-electron chi connectivity index (χ0n) is 17.1. The van der Waals surface area contributed by atoms with E-state index in [1.165, 1.54) is 11.8 Å². The number of piperazine rings is 1. The van der Waals surface area contributed by atoms with Crippen molar-refractivity contribution < 1.29 is 13.9 Å². The average molecular weight is 399 g/mol. The molecule has 7 heteroatoms. The summed E-state index contributed by atoms with van der Waals surface area (Å²) in [5.74, 6) is 0.564. The summed E-state index contributed by atoms with van der Waals surface area (Å²) in [5, 5.41) is 0. The first-order valence-corrected chi connectivity index (χ1v) is 10.5. The first kappa shape index (κ1) is 20.1. The molecular formula is C22H30N4O3. The number of oxazole rings is 1. The maximum atomic E-state index is 12.8. The number of hydrogen-bond acceptors (Lipinski definition) is 6. The molecule has 7 nitrogen and oxygen atoms in total. The number of carbonyl (C=O) groups excluding carboxylic acids is 1. The molecule has 156 valence electrons. The maximum absolute atomic E-state index is 12.8. The lowest BCUT2D eigenvalue weighted by Gasteiger charge is -2.34. The van der Waals surface area contributed by atoms with Gasteiger partial charge in [-0.3, -0.25) is 14.6 Å². The molecule has 1 atom stereocenters. The van der Waals surface area contributed by atoms with Crippen molar-refractivity contribution in [1.29, 1.82) is 0 Å². The van der Waals surface area contributed by atoms with Gasteiger partial charge >= 0.3 is 0 Å². The van der Waals surface area contributed by atoms with Gasteiger partial charge in [-0.2, -0.15) is 0 Å². The summed E-state index contributed by atoms with van der Waals surface area (Å²) < 4.78 is 11.1. The van der Waals surface area contributed by atoms with Crippen molar-refractivity contribution >= 4 is 5.91 Å². The molecule has 2 aromatic rings. The lowest BCUT2D eigenvalue weighted by Crippen LogP contribution is -2.48. The summed E-state index contributed by atoms with van der Waals surface area (Å²) in [6.45, 7) is 9.49. The van der Waals surface area contributed by atoms with Crippen LogP contribution in [-0.4, -0.2) is 77.6 Å². The smallest absolute Gasteiger partial charge is 0.276 e. The molecular weight excluding hydrogens is 368 g/mol. The second-order valence-corrected chi connectivity index (χ2v) is 7.80. The van der Waals surface area contributed by atoms with Gasteiger partial charge in [-0.05, 0) is 12.0 Å². The van der Waals surface area contributed by atoms with Gasteiger partial charge in [-0.15, -0.1) is 0 Å². The summed E-state index contributed by atoms with van der Waals surface area (Å²) in [7, 11) is 0. The van der Waals surface area contributed by atoms with Crippen molar-refractivity contribution in [3.8, 4) is 0 Å². The van der Waals surface area contributed by atoms with E-state index in [0.717, 1.165) is 39.1 Å². The number of amides is 1. The summed E-state index contributed by atoms with van der Waals surface area (Å²) in [5.41, 5.74) is 1.76. The third-order valence-electron chi connectivity index (χ3n) is 5.80. The highest BCUT2D eigenvalue weighted by atomic mass is 16.5. The third-order valence-corrected chi connectivity index (χ3v) is 5.80. The molecule has 2 saturated heterocycles. The minimum Gasteiger partial charge on any atom is -0.447 e. The molecule has 0 N–H and O–H groups in total. The van der Waals surface area contributed by atoms with Crippen LogP contribution >= 0.6 is 0 Å². The van der Waals surface area contributed by atoms with Crippen LogP contribution in [-0.2, 0) is 17.8 Å². The van der Waals surface area contributed by atoms with Gasteiger partial charge in [0.25, 0.3) is 5.91 Å². The first-order valence-electron chi connectivity index (χ1n) is 10.5. The number of aromatic nitrogens is 1. The van der Waals surface area contributed by atoms with E-state index in [-0.39, 0.29) is 11.9 Å². The highest BCUT2D eigenvalue weighted by Crippen LogP contribution is 2.16.